The van der Waals surface area contributed by atoms with Crippen molar-refractivity contribution in [3.05, 3.63) is 66.7 Å². The molecule has 2 aromatic rings. The summed E-state index contributed by atoms with van der Waals surface area (Å²) in [5, 5.41) is 0. The van der Waals surface area contributed by atoms with Gasteiger partial charge in [-0.15, -0.1) is 0 Å². The second kappa shape index (κ2) is 17.4. The number of rotatable bonds is 18. The van der Waals surface area contributed by atoms with Crippen LogP contribution in [0, 0.1) is 0 Å². The second-order valence-corrected chi connectivity index (χ2v) is 8.22. The molecule has 0 radical (unpaired) electrons. The molecule has 184 valence electrons. The van der Waals surface area contributed by atoms with Gasteiger partial charge >= 0.3 is 5.97 Å². The van der Waals surface area contributed by atoms with Crippen molar-refractivity contribution in [1.82, 2.24) is 0 Å². The van der Waals surface area contributed by atoms with Gasteiger partial charge in [0.2, 0.25) is 0 Å². The molecule has 2 aromatic carbocycles. The van der Waals surface area contributed by atoms with Crippen molar-refractivity contribution in [2.75, 3.05) is 19.8 Å². The van der Waals surface area contributed by atoms with E-state index in [-0.39, 0.29) is 5.97 Å². The minimum absolute atomic E-state index is 0.358. The van der Waals surface area contributed by atoms with Crippen LogP contribution in [0.15, 0.2) is 66.2 Å². The molecule has 0 bridgehead atoms. The smallest absolute Gasteiger partial charge is 0.330 e. The number of hydrogen-bond acceptors (Lipinski definition) is 5. The highest BCUT2D eigenvalue weighted by atomic mass is 16.5. The van der Waals surface area contributed by atoms with Crippen LogP contribution in [0.2, 0.25) is 0 Å². The van der Waals surface area contributed by atoms with E-state index in [1.165, 1.54) is 31.8 Å². The van der Waals surface area contributed by atoms with Crippen LogP contribution in [-0.2, 0) is 9.53 Å². The van der Waals surface area contributed by atoms with Crippen LogP contribution in [0.3, 0.4) is 0 Å². The molecule has 0 aliphatic rings. The third-order valence-electron chi connectivity index (χ3n) is 5.31. The van der Waals surface area contributed by atoms with E-state index in [1.807, 2.05) is 54.7 Å². The summed E-state index contributed by atoms with van der Waals surface area (Å²) in [5.41, 5.74) is 1.92. The van der Waals surface area contributed by atoms with Crippen molar-refractivity contribution in [3.8, 4) is 11.5 Å². The van der Waals surface area contributed by atoms with Crippen LogP contribution in [0.5, 0.6) is 11.5 Å². The van der Waals surface area contributed by atoms with Gasteiger partial charge in [0, 0.05) is 12.3 Å². The first-order valence-corrected chi connectivity index (χ1v) is 12.5. The molecule has 0 atom stereocenters. The number of aliphatic imine (C=N–C) groups is 1. The van der Waals surface area contributed by atoms with Gasteiger partial charge in [-0.3, -0.25) is 4.99 Å². The Morgan fingerprint density at radius 2 is 1.29 bits per heavy atom. The van der Waals surface area contributed by atoms with Gasteiger partial charge in [0.15, 0.2) is 0 Å². The molecule has 0 aliphatic heterocycles. The van der Waals surface area contributed by atoms with E-state index in [9.17, 15) is 4.79 Å². The number of benzene rings is 2. The average molecular weight is 466 g/mol. The van der Waals surface area contributed by atoms with Crippen LogP contribution >= 0.6 is 0 Å². The zero-order chi connectivity index (χ0) is 24.3. The summed E-state index contributed by atoms with van der Waals surface area (Å²) < 4.78 is 16.6. The molecule has 5 nitrogen and oxygen atoms in total. The maximum atomic E-state index is 10.9. The standard InChI is InChI=1S/C29H39NO4/c1-3-5-6-7-10-21-33-28-19-15-26(16-20-28)30-24-25-13-17-27(18-14-25)32-22-11-8-9-12-23-34-29(31)4-2/h4,13-20,24H,2-3,5-12,21-23H2,1H3. The minimum Gasteiger partial charge on any atom is -0.494 e. The molecule has 0 aromatic heterocycles. The second-order valence-electron chi connectivity index (χ2n) is 8.22. The van der Waals surface area contributed by atoms with E-state index in [0.717, 1.165) is 61.5 Å². The van der Waals surface area contributed by atoms with Gasteiger partial charge in [-0.1, -0.05) is 39.2 Å². The zero-order valence-corrected chi connectivity index (χ0v) is 20.5. The summed E-state index contributed by atoms with van der Waals surface area (Å²) >= 11 is 0. The molecule has 0 heterocycles. The van der Waals surface area contributed by atoms with Crippen LogP contribution in [-0.4, -0.2) is 32.0 Å². The summed E-state index contributed by atoms with van der Waals surface area (Å²) in [7, 11) is 0. The molecule has 34 heavy (non-hydrogen) atoms. The lowest BCUT2D eigenvalue weighted by molar-refractivity contribution is -0.137. The zero-order valence-electron chi connectivity index (χ0n) is 20.5. The van der Waals surface area contributed by atoms with Crippen LogP contribution in [0.4, 0.5) is 5.69 Å². The highest BCUT2D eigenvalue weighted by Crippen LogP contribution is 2.19. The van der Waals surface area contributed by atoms with Gasteiger partial charge in [0.1, 0.15) is 11.5 Å². The first-order chi connectivity index (χ1) is 16.7. The summed E-state index contributed by atoms with van der Waals surface area (Å²) in [6, 6.07) is 15.8. The van der Waals surface area contributed by atoms with Crippen LogP contribution in [0.25, 0.3) is 0 Å². The minimum atomic E-state index is -0.358. The number of nitrogens with zero attached hydrogens (tertiary/aromatic N) is 1. The molecular weight excluding hydrogens is 426 g/mol. The monoisotopic (exact) mass is 465 g/mol. The summed E-state index contributed by atoms with van der Waals surface area (Å²) in [6.45, 7) is 7.50. The average Bonchev–Trinajstić information content (AvgIpc) is 2.87. The highest BCUT2D eigenvalue weighted by molar-refractivity contribution is 5.82. The fraction of sp³-hybridized carbons (Fsp3) is 0.448. The number of carbonyl (C=O) groups is 1. The third kappa shape index (κ3) is 12.2. The quantitative estimate of drug-likeness (QED) is 0.0992. The first-order valence-electron chi connectivity index (χ1n) is 12.5. The van der Waals surface area contributed by atoms with Gasteiger partial charge in [-0.2, -0.15) is 0 Å². The number of carbonyl (C=O) groups excluding carboxylic acids is 1. The first kappa shape index (κ1) is 27.2. The highest BCUT2D eigenvalue weighted by Gasteiger charge is 1.98. The Labute approximate surface area is 204 Å². The third-order valence-corrected chi connectivity index (χ3v) is 5.31. The molecular formula is C29H39NO4. The topological polar surface area (TPSA) is 57.1 Å². The van der Waals surface area contributed by atoms with Crippen molar-refractivity contribution in [2.45, 2.75) is 64.7 Å². The molecule has 0 unspecified atom stereocenters. The number of ether oxygens (including phenoxy) is 3. The number of hydrogen-bond donors (Lipinski definition) is 0. The molecule has 2 rings (SSSR count). The van der Waals surface area contributed by atoms with Crippen molar-refractivity contribution < 1.29 is 19.0 Å². The molecule has 5 heteroatoms. The van der Waals surface area contributed by atoms with E-state index in [4.69, 9.17) is 14.2 Å². The van der Waals surface area contributed by atoms with E-state index in [0.29, 0.717) is 13.2 Å². The van der Waals surface area contributed by atoms with Gasteiger partial charge in [0.05, 0.1) is 25.5 Å². The Hall–Kier alpha value is -3.08. The van der Waals surface area contributed by atoms with Crippen molar-refractivity contribution >= 4 is 17.9 Å². The predicted molar refractivity (Wildman–Crippen MR) is 140 cm³/mol. The maximum Gasteiger partial charge on any atom is 0.330 e. The lowest BCUT2D eigenvalue weighted by Gasteiger charge is -2.07. The van der Waals surface area contributed by atoms with Gasteiger partial charge in [-0.05, 0) is 86.2 Å². The van der Waals surface area contributed by atoms with Gasteiger partial charge in [-0.25, -0.2) is 4.79 Å². The van der Waals surface area contributed by atoms with Crippen LogP contribution < -0.4 is 9.47 Å². The van der Waals surface area contributed by atoms with Gasteiger partial charge < -0.3 is 14.2 Å². The van der Waals surface area contributed by atoms with Gasteiger partial charge in [0.25, 0.3) is 0 Å². The SMILES string of the molecule is C=CC(=O)OCCCCCCOc1ccc(C=Nc2ccc(OCCCCCCC)cc2)cc1. The molecule has 0 N–H and O–H groups in total. The fourth-order valence-electron chi connectivity index (χ4n) is 3.30. The number of unbranched alkanes of at least 4 members (excludes halogenated alkanes) is 7. The molecule has 0 amide bonds. The molecule has 0 spiro atoms. The van der Waals surface area contributed by atoms with E-state index >= 15 is 0 Å². The van der Waals surface area contributed by atoms with E-state index in [1.54, 1.807) is 0 Å². The summed E-state index contributed by atoms with van der Waals surface area (Å²) in [5.74, 6) is 1.39. The Balaban J connectivity index is 1.61. The Kier molecular flexibility index (Phi) is 13.9. The summed E-state index contributed by atoms with van der Waals surface area (Å²) in [6.07, 6.45) is 13.1. The normalized spacial score (nSPS) is 10.9. The molecule has 0 saturated carbocycles. The van der Waals surface area contributed by atoms with Crippen molar-refractivity contribution in [2.24, 2.45) is 4.99 Å². The number of esters is 1. The Bertz CT molecular complexity index is 843. The Morgan fingerprint density at radius 1 is 0.765 bits per heavy atom. The Morgan fingerprint density at radius 3 is 1.85 bits per heavy atom. The predicted octanol–water partition coefficient (Wildman–Crippen LogP) is 7.45. The molecule has 0 saturated heterocycles. The summed E-state index contributed by atoms with van der Waals surface area (Å²) in [4.78, 5) is 15.5. The maximum absolute atomic E-state index is 10.9. The van der Waals surface area contributed by atoms with Crippen LogP contribution in [0.1, 0.15) is 70.3 Å². The lowest BCUT2D eigenvalue weighted by atomic mass is 10.2. The molecule has 0 fully saturated rings. The van der Waals surface area contributed by atoms with E-state index in [2.05, 4.69) is 18.5 Å². The molecule has 0 aliphatic carbocycles. The fourth-order valence-corrected chi connectivity index (χ4v) is 3.30. The largest absolute Gasteiger partial charge is 0.494 e. The van der Waals surface area contributed by atoms with Crippen molar-refractivity contribution in [3.63, 3.8) is 0 Å². The lowest BCUT2D eigenvalue weighted by Crippen LogP contribution is -2.02. The van der Waals surface area contributed by atoms with Crippen molar-refractivity contribution in [1.29, 1.82) is 0 Å². The van der Waals surface area contributed by atoms with E-state index < -0.39 is 0 Å².